The van der Waals surface area contributed by atoms with E-state index in [-0.39, 0.29) is 5.91 Å². The molecule has 0 bridgehead atoms. The van der Waals surface area contributed by atoms with Crippen LogP contribution in [0.5, 0.6) is 0 Å². The summed E-state index contributed by atoms with van der Waals surface area (Å²) in [5.41, 5.74) is 4.48. The van der Waals surface area contributed by atoms with Gasteiger partial charge in [-0.05, 0) is 36.1 Å². The third kappa shape index (κ3) is 4.62. The number of para-hydroxylation sites is 1. The van der Waals surface area contributed by atoms with Crippen LogP contribution >= 0.6 is 27.7 Å². The zero-order chi connectivity index (χ0) is 15.9. The van der Waals surface area contributed by atoms with Crippen LogP contribution in [0.4, 0.5) is 5.69 Å². The lowest BCUT2D eigenvalue weighted by Crippen LogP contribution is -2.16. The van der Waals surface area contributed by atoms with Crippen LogP contribution in [0.3, 0.4) is 0 Å². The summed E-state index contributed by atoms with van der Waals surface area (Å²) in [6, 6.07) is 14.2. The van der Waals surface area contributed by atoms with Gasteiger partial charge in [-0.25, -0.2) is 0 Å². The molecule has 1 amide bonds. The minimum absolute atomic E-state index is 0.0565. The van der Waals surface area contributed by atoms with E-state index < -0.39 is 0 Å². The van der Waals surface area contributed by atoms with Gasteiger partial charge >= 0.3 is 0 Å². The number of benzene rings is 2. The Morgan fingerprint density at radius 1 is 1.14 bits per heavy atom. The third-order valence-electron chi connectivity index (χ3n) is 3.45. The molecular formula is C18H20BrNOS. The first-order valence-electron chi connectivity index (χ1n) is 7.31. The Kier molecular flexibility index (Phi) is 6.52. The highest BCUT2D eigenvalue weighted by molar-refractivity contribution is 9.10. The second-order valence-corrected chi connectivity index (χ2v) is 6.93. The molecule has 2 aromatic rings. The average Bonchev–Trinajstić information content (AvgIpc) is 2.51. The van der Waals surface area contributed by atoms with Gasteiger partial charge < -0.3 is 5.32 Å². The fraction of sp³-hybridized carbons (Fsp3) is 0.278. The van der Waals surface area contributed by atoms with E-state index in [1.807, 2.05) is 37.3 Å². The maximum Gasteiger partial charge on any atom is 0.234 e. The van der Waals surface area contributed by atoms with E-state index in [9.17, 15) is 4.79 Å². The fourth-order valence-electron chi connectivity index (χ4n) is 2.25. The summed E-state index contributed by atoms with van der Waals surface area (Å²) >= 11 is 5.16. The number of halogens is 1. The zero-order valence-electron chi connectivity index (χ0n) is 12.9. The highest BCUT2D eigenvalue weighted by Gasteiger charge is 2.09. The molecule has 116 valence electrons. The van der Waals surface area contributed by atoms with Crippen molar-refractivity contribution in [1.29, 1.82) is 0 Å². The predicted octanol–water partition coefficient (Wildman–Crippen LogP) is 5.19. The van der Waals surface area contributed by atoms with Gasteiger partial charge in [-0.2, -0.15) is 0 Å². The van der Waals surface area contributed by atoms with Crippen molar-refractivity contribution in [2.75, 3.05) is 11.1 Å². The van der Waals surface area contributed by atoms with Crippen LogP contribution in [0.1, 0.15) is 23.6 Å². The normalized spacial score (nSPS) is 10.5. The number of carbonyl (C=O) groups excluding carboxylic acids is 1. The van der Waals surface area contributed by atoms with Gasteiger partial charge in [-0.3, -0.25) is 4.79 Å². The Morgan fingerprint density at radius 3 is 2.59 bits per heavy atom. The first kappa shape index (κ1) is 17.1. The molecule has 0 fully saturated rings. The second kappa shape index (κ2) is 8.39. The molecule has 2 nitrogen and oxygen atoms in total. The van der Waals surface area contributed by atoms with Gasteiger partial charge in [-0.1, -0.05) is 59.3 Å². The molecule has 0 atom stereocenters. The summed E-state index contributed by atoms with van der Waals surface area (Å²) in [5, 5.41) is 3.06. The Balaban J connectivity index is 1.90. The number of hydrogen-bond donors (Lipinski definition) is 1. The van der Waals surface area contributed by atoms with E-state index in [2.05, 4.69) is 40.3 Å². The molecule has 0 aliphatic heterocycles. The second-order valence-electron chi connectivity index (χ2n) is 5.09. The minimum atomic E-state index is 0.0565. The van der Waals surface area contributed by atoms with Crippen molar-refractivity contribution in [3.05, 3.63) is 63.6 Å². The average molecular weight is 378 g/mol. The quantitative estimate of drug-likeness (QED) is 0.749. The largest absolute Gasteiger partial charge is 0.325 e. The molecule has 2 rings (SSSR count). The van der Waals surface area contributed by atoms with Crippen LogP contribution in [0, 0.1) is 6.92 Å². The van der Waals surface area contributed by atoms with Crippen LogP contribution in [0.15, 0.2) is 46.9 Å². The van der Waals surface area contributed by atoms with Crippen LogP contribution in [0.2, 0.25) is 0 Å². The smallest absolute Gasteiger partial charge is 0.234 e. The van der Waals surface area contributed by atoms with Gasteiger partial charge in [0.25, 0.3) is 0 Å². The van der Waals surface area contributed by atoms with E-state index in [0.29, 0.717) is 5.75 Å². The van der Waals surface area contributed by atoms with Crippen LogP contribution in [0.25, 0.3) is 0 Å². The lowest BCUT2D eigenvalue weighted by molar-refractivity contribution is -0.113. The highest BCUT2D eigenvalue weighted by atomic mass is 79.9. The topological polar surface area (TPSA) is 29.1 Å². The van der Waals surface area contributed by atoms with Gasteiger partial charge in [0.1, 0.15) is 0 Å². The molecule has 1 N–H and O–H groups in total. The van der Waals surface area contributed by atoms with Crippen molar-refractivity contribution >= 4 is 39.3 Å². The number of carbonyl (C=O) groups is 1. The first-order chi connectivity index (χ1) is 10.6. The molecule has 0 aliphatic carbocycles. The summed E-state index contributed by atoms with van der Waals surface area (Å²) in [7, 11) is 0. The Bertz CT molecular complexity index is 657. The molecule has 4 heteroatoms. The van der Waals surface area contributed by atoms with Crippen molar-refractivity contribution in [3.8, 4) is 0 Å². The molecular weight excluding hydrogens is 358 g/mol. The lowest BCUT2D eigenvalue weighted by atomic mass is 10.1. The predicted molar refractivity (Wildman–Crippen MR) is 99.5 cm³/mol. The molecule has 0 unspecified atom stereocenters. The minimum Gasteiger partial charge on any atom is -0.325 e. The summed E-state index contributed by atoms with van der Waals surface area (Å²) in [5.74, 6) is 1.34. The Labute approximate surface area is 144 Å². The maximum absolute atomic E-state index is 12.2. The number of thioether (sulfide) groups is 1. The SMILES string of the molecule is CCc1cccc(C)c1NC(=O)CSCc1ccccc1Br. The summed E-state index contributed by atoms with van der Waals surface area (Å²) in [6.45, 7) is 4.13. The summed E-state index contributed by atoms with van der Waals surface area (Å²) in [6.07, 6.45) is 0.918. The Morgan fingerprint density at radius 2 is 1.86 bits per heavy atom. The molecule has 0 aromatic heterocycles. The molecule has 0 spiro atoms. The molecule has 0 radical (unpaired) electrons. The van der Waals surface area contributed by atoms with Gasteiger partial charge in [-0.15, -0.1) is 11.8 Å². The van der Waals surface area contributed by atoms with Crippen molar-refractivity contribution < 1.29 is 4.79 Å². The van der Waals surface area contributed by atoms with E-state index in [4.69, 9.17) is 0 Å². The number of amides is 1. The van der Waals surface area contributed by atoms with Crippen molar-refractivity contribution in [2.24, 2.45) is 0 Å². The third-order valence-corrected chi connectivity index (χ3v) is 5.21. The monoisotopic (exact) mass is 377 g/mol. The lowest BCUT2D eigenvalue weighted by Gasteiger charge is -2.13. The van der Waals surface area contributed by atoms with Gasteiger partial charge in [0.15, 0.2) is 0 Å². The number of aryl methyl sites for hydroxylation is 2. The van der Waals surface area contributed by atoms with Crippen molar-refractivity contribution in [1.82, 2.24) is 0 Å². The molecule has 0 saturated heterocycles. The number of hydrogen-bond acceptors (Lipinski definition) is 2. The van der Waals surface area contributed by atoms with Crippen molar-refractivity contribution in [2.45, 2.75) is 26.0 Å². The summed E-state index contributed by atoms with van der Waals surface area (Å²) < 4.78 is 1.09. The molecule has 0 heterocycles. The molecule has 0 saturated carbocycles. The highest BCUT2D eigenvalue weighted by Crippen LogP contribution is 2.23. The van der Waals surface area contributed by atoms with E-state index in [1.54, 1.807) is 11.8 Å². The standard InChI is InChI=1S/C18H20BrNOS/c1-3-14-9-6-7-13(2)18(14)20-17(21)12-22-11-15-8-4-5-10-16(15)19/h4-10H,3,11-12H2,1-2H3,(H,20,21). The van der Waals surface area contributed by atoms with E-state index >= 15 is 0 Å². The molecule has 22 heavy (non-hydrogen) atoms. The van der Waals surface area contributed by atoms with Gasteiger partial charge in [0.2, 0.25) is 5.91 Å². The number of anilines is 1. The number of rotatable bonds is 6. The molecule has 0 aliphatic rings. The van der Waals surface area contributed by atoms with Gasteiger partial charge in [0.05, 0.1) is 5.75 Å². The number of nitrogens with one attached hydrogen (secondary N) is 1. The fourth-order valence-corrected chi connectivity index (χ4v) is 3.69. The first-order valence-corrected chi connectivity index (χ1v) is 9.26. The van der Waals surface area contributed by atoms with Gasteiger partial charge in [0, 0.05) is 15.9 Å². The summed E-state index contributed by atoms with van der Waals surface area (Å²) in [4.78, 5) is 12.2. The van der Waals surface area contributed by atoms with Crippen LogP contribution in [-0.4, -0.2) is 11.7 Å². The van der Waals surface area contributed by atoms with E-state index in [0.717, 1.165) is 27.9 Å². The molecule has 2 aromatic carbocycles. The zero-order valence-corrected chi connectivity index (χ0v) is 15.3. The van der Waals surface area contributed by atoms with E-state index in [1.165, 1.54) is 11.1 Å². The maximum atomic E-state index is 12.2. The van der Waals surface area contributed by atoms with Crippen LogP contribution < -0.4 is 5.32 Å². The van der Waals surface area contributed by atoms with Crippen LogP contribution in [-0.2, 0) is 17.0 Å². The van der Waals surface area contributed by atoms with Crippen molar-refractivity contribution in [3.63, 3.8) is 0 Å². The Hall–Kier alpha value is -1.26.